The number of hydrogen-bond donors (Lipinski definition) is 1. The van der Waals surface area contributed by atoms with E-state index in [2.05, 4.69) is 16.3 Å². The van der Waals surface area contributed by atoms with Crippen LogP contribution in [-0.2, 0) is 14.8 Å². The van der Waals surface area contributed by atoms with Crippen LogP contribution in [0.25, 0.3) is 0 Å². The fourth-order valence-electron chi connectivity index (χ4n) is 4.09. The summed E-state index contributed by atoms with van der Waals surface area (Å²) in [5, 5.41) is 2.87. The molecule has 2 aromatic rings. The molecule has 0 aliphatic carbocycles. The molecule has 0 spiro atoms. The molecule has 0 bridgehead atoms. The smallest absolute Gasteiger partial charge is 0.242 e. The maximum atomic E-state index is 12.7. The minimum atomic E-state index is -3.49. The fourth-order valence-corrected chi connectivity index (χ4v) is 4.99. The lowest BCUT2D eigenvalue weighted by molar-refractivity contribution is -0.117. The fraction of sp³-hybridized carbons (Fsp3) is 0.435. The second-order valence-electron chi connectivity index (χ2n) is 8.25. The lowest BCUT2D eigenvalue weighted by Gasteiger charge is -2.25. The van der Waals surface area contributed by atoms with Crippen molar-refractivity contribution in [3.63, 3.8) is 0 Å². The molecule has 172 valence electrons. The Morgan fingerprint density at radius 1 is 1.06 bits per heavy atom. The van der Waals surface area contributed by atoms with Crippen molar-refractivity contribution in [2.75, 3.05) is 45.7 Å². The van der Waals surface area contributed by atoms with Gasteiger partial charge in [0, 0.05) is 32.2 Å². The molecule has 8 nitrogen and oxygen atoms in total. The first-order valence-electron chi connectivity index (χ1n) is 10.8. The number of rotatable bonds is 6. The number of fused-ring (bicyclic) bond motifs is 1. The quantitative estimate of drug-likeness (QED) is 0.715. The third-order valence-electron chi connectivity index (χ3n) is 5.78. The summed E-state index contributed by atoms with van der Waals surface area (Å²) in [4.78, 5) is 15.0. The summed E-state index contributed by atoms with van der Waals surface area (Å²) in [7, 11) is -0.521. The molecule has 9 heteroatoms. The van der Waals surface area contributed by atoms with Gasteiger partial charge in [0.05, 0.1) is 24.7 Å². The first kappa shape index (κ1) is 22.6. The number of benzene rings is 2. The zero-order valence-electron chi connectivity index (χ0n) is 18.4. The van der Waals surface area contributed by atoms with E-state index in [0.717, 1.165) is 47.2 Å². The van der Waals surface area contributed by atoms with E-state index in [1.54, 1.807) is 12.1 Å². The predicted molar refractivity (Wildman–Crippen MR) is 122 cm³/mol. The molecule has 2 aliphatic rings. The van der Waals surface area contributed by atoms with Crippen LogP contribution in [0.2, 0.25) is 0 Å². The molecule has 0 unspecified atom stereocenters. The number of anilines is 1. The highest BCUT2D eigenvalue weighted by Gasteiger charge is 2.28. The summed E-state index contributed by atoms with van der Waals surface area (Å²) in [5.41, 5.74) is 1.69. The van der Waals surface area contributed by atoms with E-state index in [4.69, 9.17) is 9.47 Å². The van der Waals surface area contributed by atoms with Gasteiger partial charge in [-0.3, -0.25) is 9.69 Å². The largest absolute Gasteiger partial charge is 0.490 e. The Morgan fingerprint density at radius 3 is 2.50 bits per heavy atom. The van der Waals surface area contributed by atoms with E-state index >= 15 is 0 Å². The normalized spacial score (nSPS) is 19.0. The van der Waals surface area contributed by atoms with Crippen molar-refractivity contribution in [2.45, 2.75) is 30.2 Å². The molecule has 1 amide bonds. The predicted octanol–water partition coefficient (Wildman–Crippen LogP) is 2.87. The Hall–Kier alpha value is -2.62. The third-order valence-corrected chi connectivity index (χ3v) is 7.61. The zero-order chi connectivity index (χ0) is 22.7. The van der Waals surface area contributed by atoms with Crippen LogP contribution in [0.5, 0.6) is 11.5 Å². The van der Waals surface area contributed by atoms with Gasteiger partial charge in [-0.05, 0) is 61.3 Å². The number of sulfonamides is 1. The van der Waals surface area contributed by atoms with Crippen LogP contribution in [0.4, 0.5) is 5.69 Å². The topological polar surface area (TPSA) is 88.2 Å². The van der Waals surface area contributed by atoms with E-state index in [0.29, 0.717) is 18.9 Å². The third kappa shape index (κ3) is 4.90. The maximum Gasteiger partial charge on any atom is 0.242 e. The summed E-state index contributed by atoms with van der Waals surface area (Å²) >= 11 is 0. The Kier molecular flexibility index (Phi) is 6.68. The van der Waals surface area contributed by atoms with Gasteiger partial charge in [-0.15, -0.1) is 0 Å². The molecule has 1 atom stereocenters. The van der Waals surface area contributed by atoms with Gasteiger partial charge in [0.2, 0.25) is 15.9 Å². The Labute approximate surface area is 189 Å². The summed E-state index contributed by atoms with van der Waals surface area (Å²) in [5.74, 6) is 1.41. The highest BCUT2D eigenvalue weighted by atomic mass is 32.2. The molecule has 2 heterocycles. The number of carbonyl (C=O) groups is 1. The van der Waals surface area contributed by atoms with Crippen LogP contribution >= 0.6 is 0 Å². The highest BCUT2D eigenvalue weighted by Crippen LogP contribution is 2.37. The number of amides is 1. The molecule has 1 saturated heterocycles. The van der Waals surface area contributed by atoms with Crippen molar-refractivity contribution >= 4 is 21.6 Å². The van der Waals surface area contributed by atoms with Gasteiger partial charge in [-0.25, -0.2) is 12.7 Å². The SMILES string of the molecule is CN(C)S(=O)(=O)c1ccc(NC(=O)CN2CCC[C@H]2c2ccc3c(c2)OCCCO3)cc1. The molecular weight excluding hydrogens is 430 g/mol. The average Bonchev–Trinajstić information content (AvgIpc) is 3.09. The molecule has 0 radical (unpaired) electrons. The standard InChI is InChI=1S/C23H29N3O5S/c1-25(2)32(28,29)19-9-7-18(8-10-19)24-23(27)16-26-12-3-5-20(26)17-6-11-21-22(15-17)31-14-4-13-30-21/h6-11,15,20H,3-5,12-14,16H2,1-2H3,(H,24,27)/t20-/m0/s1. The van der Waals surface area contributed by atoms with Crippen LogP contribution in [0.15, 0.2) is 47.4 Å². The number of nitrogens with zero attached hydrogens (tertiary/aromatic N) is 2. The molecule has 1 N–H and O–H groups in total. The van der Waals surface area contributed by atoms with Crippen molar-refractivity contribution < 1.29 is 22.7 Å². The van der Waals surface area contributed by atoms with Crippen molar-refractivity contribution in [3.05, 3.63) is 48.0 Å². The zero-order valence-corrected chi connectivity index (χ0v) is 19.2. The Balaban J connectivity index is 1.40. The molecule has 2 aromatic carbocycles. The van der Waals surface area contributed by atoms with E-state index in [-0.39, 0.29) is 23.4 Å². The van der Waals surface area contributed by atoms with Crippen LogP contribution in [0, 0.1) is 0 Å². The van der Waals surface area contributed by atoms with Crippen LogP contribution < -0.4 is 14.8 Å². The first-order valence-corrected chi connectivity index (χ1v) is 12.2. The van der Waals surface area contributed by atoms with E-state index in [1.165, 1.54) is 26.2 Å². The molecule has 0 aromatic heterocycles. The van der Waals surface area contributed by atoms with Gasteiger partial charge >= 0.3 is 0 Å². The lowest BCUT2D eigenvalue weighted by Crippen LogP contribution is -2.33. The van der Waals surface area contributed by atoms with Crippen molar-refractivity contribution in [1.82, 2.24) is 9.21 Å². The van der Waals surface area contributed by atoms with Crippen molar-refractivity contribution in [3.8, 4) is 11.5 Å². The number of hydrogen-bond acceptors (Lipinski definition) is 6. The maximum absolute atomic E-state index is 12.7. The molecule has 1 fully saturated rings. The van der Waals surface area contributed by atoms with Crippen molar-refractivity contribution in [1.29, 1.82) is 0 Å². The van der Waals surface area contributed by atoms with Gasteiger partial charge in [-0.2, -0.15) is 0 Å². The molecule has 4 rings (SSSR count). The molecule has 0 saturated carbocycles. The van der Waals surface area contributed by atoms with Crippen LogP contribution in [-0.4, -0.2) is 63.9 Å². The summed E-state index contributed by atoms with van der Waals surface area (Å²) in [6.07, 6.45) is 2.86. The summed E-state index contributed by atoms with van der Waals surface area (Å²) < 4.78 is 37.1. The number of likely N-dealkylation sites (tertiary alicyclic amines) is 1. The number of ether oxygens (including phenoxy) is 2. The number of carbonyl (C=O) groups excluding carboxylic acids is 1. The van der Waals surface area contributed by atoms with E-state index < -0.39 is 10.0 Å². The minimum absolute atomic E-state index is 0.130. The van der Waals surface area contributed by atoms with Gasteiger partial charge < -0.3 is 14.8 Å². The lowest BCUT2D eigenvalue weighted by atomic mass is 10.0. The molecular formula is C23H29N3O5S. The molecule has 2 aliphatic heterocycles. The second-order valence-corrected chi connectivity index (χ2v) is 10.4. The second kappa shape index (κ2) is 9.48. The molecule has 32 heavy (non-hydrogen) atoms. The number of nitrogens with one attached hydrogen (secondary N) is 1. The van der Waals surface area contributed by atoms with Gasteiger partial charge in [-0.1, -0.05) is 6.07 Å². The summed E-state index contributed by atoms with van der Waals surface area (Å²) in [6, 6.07) is 12.4. The monoisotopic (exact) mass is 459 g/mol. The Bertz CT molecular complexity index is 1070. The highest BCUT2D eigenvalue weighted by molar-refractivity contribution is 7.89. The first-order chi connectivity index (χ1) is 15.3. The van der Waals surface area contributed by atoms with Crippen LogP contribution in [0.3, 0.4) is 0 Å². The average molecular weight is 460 g/mol. The van der Waals surface area contributed by atoms with Gasteiger partial charge in [0.25, 0.3) is 0 Å². The summed E-state index contributed by atoms with van der Waals surface area (Å²) in [6.45, 7) is 2.40. The Morgan fingerprint density at radius 2 is 1.78 bits per heavy atom. The van der Waals surface area contributed by atoms with Crippen LogP contribution in [0.1, 0.15) is 30.9 Å². The van der Waals surface area contributed by atoms with E-state index in [1.807, 2.05) is 12.1 Å². The van der Waals surface area contributed by atoms with E-state index in [9.17, 15) is 13.2 Å². The van der Waals surface area contributed by atoms with Gasteiger partial charge in [0.1, 0.15) is 0 Å². The van der Waals surface area contributed by atoms with Gasteiger partial charge in [0.15, 0.2) is 11.5 Å². The van der Waals surface area contributed by atoms with Crippen molar-refractivity contribution in [2.24, 2.45) is 0 Å². The minimum Gasteiger partial charge on any atom is -0.490 e.